The van der Waals surface area contributed by atoms with Crippen molar-refractivity contribution in [3.8, 4) is 0 Å². The van der Waals surface area contributed by atoms with Crippen LogP contribution in [0.5, 0.6) is 0 Å². The maximum absolute atomic E-state index is 11.7. The molecule has 2 rings (SSSR count). The van der Waals surface area contributed by atoms with Crippen LogP contribution in [-0.4, -0.2) is 18.4 Å². The molecule has 1 heterocycles. The molecule has 1 aromatic carbocycles. The third kappa shape index (κ3) is 2.77. The van der Waals surface area contributed by atoms with E-state index in [1.165, 1.54) is 0 Å². The fourth-order valence-electron chi connectivity index (χ4n) is 1.79. The number of carbonyl (C=O) groups is 1. The van der Waals surface area contributed by atoms with Crippen LogP contribution in [0, 0.1) is 0 Å². The first kappa shape index (κ1) is 10.1. The van der Waals surface area contributed by atoms with Crippen LogP contribution in [0.3, 0.4) is 0 Å². The summed E-state index contributed by atoms with van der Waals surface area (Å²) in [7, 11) is 0. The van der Waals surface area contributed by atoms with E-state index in [1.54, 1.807) is 6.08 Å². The van der Waals surface area contributed by atoms with E-state index in [0.29, 0.717) is 0 Å². The fraction of sp³-hybridized carbons (Fsp3) is 0.308. The lowest BCUT2D eigenvalue weighted by Gasteiger charge is -2.03. The highest BCUT2D eigenvalue weighted by Crippen LogP contribution is 2.08. The molecule has 1 fully saturated rings. The summed E-state index contributed by atoms with van der Waals surface area (Å²) in [5.41, 5.74) is 1.07. The van der Waals surface area contributed by atoms with E-state index in [0.717, 1.165) is 24.9 Å². The third-order valence-electron chi connectivity index (χ3n) is 2.64. The van der Waals surface area contributed by atoms with Crippen molar-refractivity contribution in [3.63, 3.8) is 0 Å². The van der Waals surface area contributed by atoms with E-state index >= 15 is 0 Å². The van der Waals surface area contributed by atoms with Gasteiger partial charge in [0.25, 0.3) is 0 Å². The number of carbonyl (C=O) groups excluding carboxylic acids is 1. The minimum atomic E-state index is 0.0463. The molecule has 15 heavy (non-hydrogen) atoms. The molecule has 2 heteroatoms. The summed E-state index contributed by atoms with van der Waals surface area (Å²) >= 11 is 0. The Morgan fingerprint density at radius 3 is 2.80 bits per heavy atom. The summed E-state index contributed by atoms with van der Waals surface area (Å²) in [6.07, 6.45) is 5.63. The third-order valence-corrected chi connectivity index (χ3v) is 2.64. The largest absolute Gasteiger partial charge is 0.307 e. The molecule has 0 unspecified atom stereocenters. The number of hydrogen-bond donors (Lipinski definition) is 1. The standard InChI is InChI=1S/C13H15NO/c15-13(12-7-4-10-14-12)9-8-11-5-2-1-3-6-11/h1-3,5-6,8-9,12,14H,4,7,10H2/t12-/m1/s1. The van der Waals surface area contributed by atoms with Gasteiger partial charge >= 0.3 is 0 Å². The summed E-state index contributed by atoms with van der Waals surface area (Å²) in [5.74, 6) is 0.191. The molecule has 1 atom stereocenters. The van der Waals surface area contributed by atoms with Crippen molar-refractivity contribution in [3.05, 3.63) is 42.0 Å². The lowest BCUT2D eigenvalue weighted by atomic mass is 10.1. The van der Waals surface area contributed by atoms with Crippen molar-refractivity contribution >= 4 is 11.9 Å². The SMILES string of the molecule is O=C(C=Cc1ccccc1)[C@H]1CCCN1. The summed E-state index contributed by atoms with van der Waals surface area (Å²) in [4.78, 5) is 11.7. The van der Waals surface area contributed by atoms with Gasteiger partial charge in [-0.15, -0.1) is 0 Å². The van der Waals surface area contributed by atoms with Gasteiger partial charge in [-0.2, -0.15) is 0 Å². The van der Waals surface area contributed by atoms with Gasteiger partial charge in [0.2, 0.25) is 0 Å². The van der Waals surface area contributed by atoms with Crippen molar-refractivity contribution in [2.24, 2.45) is 0 Å². The van der Waals surface area contributed by atoms with Crippen molar-refractivity contribution in [2.75, 3.05) is 6.54 Å². The van der Waals surface area contributed by atoms with Crippen molar-refractivity contribution in [2.45, 2.75) is 18.9 Å². The first-order valence-corrected chi connectivity index (χ1v) is 5.36. The van der Waals surface area contributed by atoms with Gasteiger partial charge in [0.15, 0.2) is 5.78 Å². The zero-order valence-corrected chi connectivity index (χ0v) is 8.65. The molecule has 1 aliphatic heterocycles. The first-order chi connectivity index (χ1) is 7.36. The molecule has 1 aliphatic rings. The van der Waals surface area contributed by atoms with Gasteiger partial charge in [0.1, 0.15) is 0 Å². The smallest absolute Gasteiger partial charge is 0.172 e. The lowest BCUT2D eigenvalue weighted by molar-refractivity contribution is -0.116. The molecule has 1 aromatic rings. The number of nitrogens with one attached hydrogen (secondary N) is 1. The van der Waals surface area contributed by atoms with E-state index in [4.69, 9.17) is 0 Å². The molecular weight excluding hydrogens is 186 g/mol. The van der Waals surface area contributed by atoms with Crippen LogP contribution in [0.2, 0.25) is 0 Å². The van der Waals surface area contributed by atoms with Crippen LogP contribution in [-0.2, 0) is 4.79 Å². The highest BCUT2D eigenvalue weighted by atomic mass is 16.1. The van der Waals surface area contributed by atoms with Gasteiger partial charge in [0.05, 0.1) is 6.04 Å². The Kier molecular flexibility index (Phi) is 3.30. The Hall–Kier alpha value is -1.41. The predicted octanol–water partition coefficient (Wildman–Crippen LogP) is 2.02. The van der Waals surface area contributed by atoms with Gasteiger partial charge in [-0.05, 0) is 31.0 Å². The van der Waals surface area contributed by atoms with E-state index in [-0.39, 0.29) is 11.8 Å². The van der Waals surface area contributed by atoms with E-state index in [1.807, 2.05) is 36.4 Å². The van der Waals surface area contributed by atoms with Crippen molar-refractivity contribution in [1.29, 1.82) is 0 Å². The molecular formula is C13H15NO. The number of benzene rings is 1. The van der Waals surface area contributed by atoms with Gasteiger partial charge in [-0.3, -0.25) is 4.79 Å². The molecule has 0 saturated carbocycles. The average molecular weight is 201 g/mol. The zero-order chi connectivity index (χ0) is 10.5. The highest BCUT2D eigenvalue weighted by molar-refractivity contribution is 5.97. The van der Waals surface area contributed by atoms with Gasteiger partial charge in [-0.1, -0.05) is 36.4 Å². The minimum absolute atomic E-state index is 0.0463. The molecule has 2 nitrogen and oxygen atoms in total. The fourth-order valence-corrected chi connectivity index (χ4v) is 1.79. The Labute approximate surface area is 90.0 Å². The monoisotopic (exact) mass is 201 g/mol. The van der Waals surface area contributed by atoms with E-state index < -0.39 is 0 Å². The second-order valence-electron chi connectivity index (χ2n) is 3.80. The Balaban J connectivity index is 1.96. The molecule has 0 radical (unpaired) electrons. The highest BCUT2D eigenvalue weighted by Gasteiger charge is 2.19. The number of rotatable bonds is 3. The van der Waals surface area contributed by atoms with Gasteiger partial charge in [-0.25, -0.2) is 0 Å². The summed E-state index contributed by atoms with van der Waals surface area (Å²) < 4.78 is 0. The maximum atomic E-state index is 11.7. The van der Waals surface area contributed by atoms with E-state index in [9.17, 15) is 4.79 Å². The summed E-state index contributed by atoms with van der Waals surface area (Å²) in [6.45, 7) is 0.968. The topological polar surface area (TPSA) is 29.1 Å². The quantitative estimate of drug-likeness (QED) is 0.758. The molecule has 78 valence electrons. The van der Waals surface area contributed by atoms with Crippen LogP contribution in [0.25, 0.3) is 6.08 Å². The van der Waals surface area contributed by atoms with E-state index in [2.05, 4.69) is 5.32 Å². The Morgan fingerprint density at radius 2 is 2.13 bits per heavy atom. The average Bonchev–Trinajstić information content (AvgIpc) is 2.81. The molecule has 0 spiro atoms. The normalized spacial score (nSPS) is 20.9. The van der Waals surface area contributed by atoms with Crippen LogP contribution in [0.15, 0.2) is 36.4 Å². The first-order valence-electron chi connectivity index (χ1n) is 5.36. The van der Waals surface area contributed by atoms with Crippen LogP contribution in [0.4, 0.5) is 0 Å². The minimum Gasteiger partial charge on any atom is -0.307 e. The molecule has 0 aliphatic carbocycles. The second-order valence-corrected chi connectivity index (χ2v) is 3.80. The van der Waals surface area contributed by atoms with Crippen LogP contribution in [0.1, 0.15) is 18.4 Å². The van der Waals surface area contributed by atoms with Gasteiger partial charge in [0, 0.05) is 0 Å². The predicted molar refractivity (Wildman–Crippen MR) is 61.5 cm³/mol. The van der Waals surface area contributed by atoms with Crippen LogP contribution >= 0.6 is 0 Å². The lowest BCUT2D eigenvalue weighted by Crippen LogP contribution is -2.29. The Morgan fingerprint density at radius 1 is 1.33 bits per heavy atom. The molecule has 0 aromatic heterocycles. The Bertz CT molecular complexity index is 350. The van der Waals surface area contributed by atoms with Crippen LogP contribution < -0.4 is 5.32 Å². The second kappa shape index (κ2) is 4.89. The number of ketones is 1. The van der Waals surface area contributed by atoms with Crippen molar-refractivity contribution < 1.29 is 4.79 Å². The molecule has 0 amide bonds. The number of hydrogen-bond acceptors (Lipinski definition) is 2. The molecule has 1 saturated heterocycles. The molecule has 0 bridgehead atoms. The maximum Gasteiger partial charge on any atom is 0.172 e. The molecule has 1 N–H and O–H groups in total. The summed E-state index contributed by atoms with van der Waals surface area (Å²) in [6, 6.07) is 9.94. The van der Waals surface area contributed by atoms with Crippen molar-refractivity contribution in [1.82, 2.24) is 5.32 Å². The summed E-state index contributed by atoms with van der Waals surface area (Å²) in [5, 5.41) is 3.19. The van der Waals surface area contributed by atoms with Gasteiger partial charge < -0.3 is 5.32 Å². The zero-order valence-electron chi connectivity index (χ0n) is 8.65.